The van der Waals surface area contributed by atoms with Gasteiger partial charge in [-0.3, -0.25) is 9.59 Å². The summed E-state index contributed by atoms with van der Waals surface area (Å²) in [6.07, 6.45) is 46.3. The molecular formula is C44H85NO4S. The summed E-state index contributed by atoms with van der Waals surface area (Å²) < 4.78 is 4.66. The molecule has 0 bridgehead atoms. The predicted octanol–water partition coefficient (Wildman–Crippen LogP) is 13.7. The highest BCUT2D eigenvalue weighted by atomic mass is 32.2. The molecule has 0 saturated carbocycles. The molecule has 0 aromatic heterocycles. The second-order valence-electron chi connectivity index (χ2n) is 14.3. The Morgan fingerprint density at radius 1 is 0.540 bits per heavy atom. The highest BCUT2D eigenvalue weighted by Crippen LogP contribution is 2.14. The molecule has 0 aliphatic carbocycles. The molecule has 1 atom stereocenters. The Kier molecular flexibility index (Phi) is 48.5. The van der Waals surface area contributed by atoms with Gasteiger partial charge in [-0.05, 0) is 62.9 Å². The molecule has 296 valence electrons. The average Bonchev–Trinajstić information content (AvgIpc) is 3.12. The number of ether oxygens (including phenoxy) is 1. The number of hydrogen-bond donors (Lipinski definition) is 1. The molecule has 50 heavy (non-hydrogen) atoms. The monoisotopic (exact) mass is 724 g/mol. The number of amides is 1. The Labute approximate surface area is 316 Å². The summed E-state index contributed by atoms with van der Waals surface area (Å²) >= 11 is 1.85. The number of carbonyl (C=O) groups excluding carboxylic acids is 3. The summed E-state index contributed by atoms with van der Waals surface area (Å²) in [6.45, 7) is 7.83. The quantitative estimate of drug-likeness (QED) is 0.0387. The summed E-state index contributed by atoms with van der Waals surface area (Å²) in [5.74, 6) is 2.10. The van der Waals surface area contributed by atoms with E-state index in [-0.39, 0.29) is 11.9 Å². The first kappa shape index (κ1) is 50.8. The van der Waals surface area contributed by atoms with Crippen molar-refractivity contribution < 1.29 is 19.1 Å². The van der Waals surface area contributed by atoms with Crippen molar-refractivity contribution in [3.63, 3.8) is 0 Å². The van der Waals surface area contributed by atoms with Crippen LogP contribution in [0.2, 0.25) is 0 Å². The van der Waals surface area contributed by atoms with Gasteiger partial charge in [0, 0.05) is 6.42 Å². The lowest BCUT2D eigenvalue weighted by Gasteiger charge is -2.12. The molecule has 1 unspecified atom stereocenters. The first-order valence-electron chi connectivity index (χ1n) is 21.7. The van der Waals surface area contributed by atoms with Crippen LogP contribution in [-0.2, 0) is 19.1 Å². The molecule has 0 saturated heterocycles. The zero-order chi connectivity index (χ0) is 36.9. The van der Waals surface area contributed by atoms with Gasteiger partial charge in [0.25, 0.3) is 6.47 Å². The fourth-order valence-corrected chi connectivity index (χ4v) is 6.96. The SMILES string of the molecule is CCCCCCCC/C=C\CCCCCCCCOC=O.CCCCCCCCCCCCCCCCCC(=O)NC(C=O)CCSCCC. The van der Waals surface area contributed by atoms with E-state index in [1.807, 2.05) is 11.8 Å². The normalized spacial score (nSPS) is 11.7. The van der Waals surface area contributed by atoms with Crippen LogP contribution in [0.3, 0.4) is 0 Å². The molecule has 0 fully saturated rings. The van der Waals surface area contributed by atoms with Crippen LogP contribution in [-0.4, -0.2) is 42.8 Å². The van der Waals surface area contributed by atoms with Crippen molar-refractivity contribution in [3.8, 4) is 0 Å². The minimum Gasteiger partial charge on any atom is -0.468 e. The molecule has 1 N–H and O–H groups in total. The molecule has 0 rings (SSSR count). The van der Waals surface area contributed by atoms with Crippen molar-refractivity contribution in [2.75, 3.05) is 18.1 Å². The van der Waals surface area contributed by atoms with Crippen LogP contribution in [0.15, 0.2) is 12.2 Å². The van der Waals surface area contributed by atoms with Gasteiger partial charge in [-0.15, -0.1) is 0 Å². The molecule has 0 aromatic carbocycles. The number of hydrogen-bond acceptors (Lipinski definition) is 5. The number of aldehydes is 1. The Bertz CT molecular complexity index is 702. The van der Waals surface area contributed by atoms with E-state index in [9.17, 15) is 14.4 Å². The Balaban J connectivity index is 0. The van der Waals surface area contributed by atoms with Crippen LogP contribution >= 0.6 is 11.8 Å². The molecule has 0 spiro atoms. The zero-order valence-electron chi connectivity index (χ0n) is 33.7. The van der Waals surface area contributed by atoms with Crippen LogP contribution in [0.1, 0.15) is 226 Å². The molecular weight excluding hydrogens is 639 g/mol. The molecule has 0 aromatic rings. The van der Waals surface area contributed by atoms with Crippen molar-refractivity contribution in [1.82, 2.24) is 5.32 Å². The van der Waals surface area contributed by atoms with Gasteiger partial charge in [0.2, 0.25) is 5.91 Å². The van der Waals surface area contributed by atoms with Gasteiger partial charge in [-0.2, -0.15) is 11.8 Å². The summed E-state index contributed by atoms with van der Waals surface area (Å²) in [7, 11) is 0. The van der Waals surface area contributed by atoms with Crippen molar-refractivity contribution in [2.45, 2.75) is 232 Å². The second-order valence-corrected chi connectivity index (χ2v) is 15.5. The van der Waals surface area contributed by atoms with Crippen molar-refractivity contribution in [2.24, 2.45) is 0 Å². The van der Waals surface area contributed by atoms with Crippen LogP contribution in [0.5, 0.6) is 0 Å². The number of nitrogens with one attached hydrogen (secondary N) is 1. The molecule has 0 heterocycles. The zero-order valence-corrected chi connectivity index (χ0v) is 34.5. The highest BCUT2D eigenvalue weighted by molar-refractivity contribution is 7.99. The molecule has 0 aliphatic rings. The van der Waals surface area contributed by atoms with Gasteiger partial charge < -0.3 is 14.8 Å². The molecule has 0 aliphatic heterocycles. The van der Waals surface area contributed by atoms with E-state index in [0.29, 0.717) is 19.5 Å². The van der Waals surface area contributed by atoms with E-state index in [1.54, 1.807) is 0 Å². The van der Waals surface area contributed by atoms with Crippen LogP contribution in [0, 0.1) is 0 Å². The van der Waals surface area contributed by atoms with Crippen LogP contribution in [0.4, 0.5) is 0 Å². The van der Waals surface area contributed by atoms with Gasteiger partial charge in [0.1, 0.15) is 6.29 Å². The summed E-state index contributed by atoms with van der Waals surface area (Å²) in [4.78, 5) is 33.0. The summed E-state index contributed by atoms with van der Waals surface area (Å²) in [5, 5.41) is 2.87. The van der Waals surface area contributed by atoms with Crippen LogP contribution in [0.25, 0.3) is 0 Å². The van der Waals surface area contributed by atoms with Crippen molar-refractivity contribution in [1.29, 1.82) is 0 Å². The van der Waals surface area contributed by atoms with E-state index in [0.717, 1.165) is 49.9 Å². The van der Waals surface area contributed by atoms with Crippen LogP contribution < -0.4 is 5.32 Å². The van der Waals surface area contributed by atoms with Gasteiger partial charge in [0.15, 0.2) is 0 Å². The maximum absolute atomic E-state index is 12.0. The first-order chi connectivity index (χ1) is 24.7. The van der Waals surface area contributed by atoms with Gasteiger partial charge in [-0.25, -0.2) is 0 Å². The number of unbranched alkanes of at least 4 members (excludes halogenated alkanes) is 26. The largest absolute Gasteiger partial charge is 0.468 e. The predicted molar refractivity (Wildman–Crippen MR) is 221 cm³/mol. The topological polar surface area (TPSA) is 72.5 Å². The van der Waals surface area contributed by atoms with Gasteiger partial charge in [-0.1, -0.05) is 181 Å². The number of allylic oxidation sites excluding steroid dienone is 2. The smallest absolute Gasteiger partial charge is 0.293 e. The average molecular weight is 724 g/mol. The maximum atomic E-state index is 12.0. The standard InChI is InChI=1S/C25H49NO2S.C19H36O2/c1-3-5-6-7-8-9-10-11-12-13-14-15-16-17-18-19-25(28)26-24(23-27)20-22-29-21-4-2;1-2-3-4-5-6-7-8-9-10-11-12-13-14-15-16-17-18-21-19-20/h23-24H,3-22H2,1-2H3,(H,26,28);9-10,19H,2-8,11-18H2,1H3/b;10-9-. The Morgan fingerprint density at radius 3 is 1.38 bits per heavy atom. The molecule has 0 radical (unpaired) electrons. The Morgan fingerprint density at radius 2 is 0.960 bits per heavy atom. The third kappa shape index (κ3) is 46.7. The minimum absolute atomic E-state index is 0.0392. The van der Waals surface area contributed by atoms with Gasteiger partial charge >= 0.3 is 0 Å². The number of rotatable bonds is 40. The molecule has 1 amide bonds. The number of thioether (sulfide) groups is 1. The fourth-order valence-electron chi connectivity index (χ4n) is 6.05. The van der Waals surface area contributed by atoms with E-state index in [2.05, 4.69) is 43.0 Å². The lowest BCUT2D eigenvalue weighted by molar-refractivity contribution is -0.128. The highest BCUT2D eigenvalue weighted by Gasteiger charge is 2.10. The molecule has 5 nitrogen and oxygen atoms in total. The van der Waals surface area contributed by atoms with Gasteiger partial charge in [0.05, 0.1) is 12.6 Å². The third-order valence-electron chi connectivity index (χ3n) is 9.28. The van der Waals surface area contributed by atoms with E-state index < -0.39 is 0 Å². The third-order valence-corrected chi connectivity index (χ3v) is 10.5. The second kappa shape index (κ2) is 47.7. The minimum atomic E-state index is -0.303. The van der Waals surface area contributed by atoms with Crippen molar-refractivity contribution in [3.05, 3.63) is 12.2 Å². The first-order valence-corrected chi connectivity index (χ1v) is 22.8. The maximum Gasteiger partial charge on any atom is 0.293 e. The fraction of sp³-hybridized carbons (Fsp3) is 0.886. The summed E-state index contributed by atoms with van der Waals surface area (Å²) in [6, 6.07) is -0.303. The van der Waals surface area contributed by atoms with Crippen molar-refractivity contribution >= 4 is 30.4 Å². The number of carbonyl (C=O) groups is 3. The van der Waals surface area contributed by atoms with E-state index >= 15 is 0 Å². The lowest BCUT2D eigenvalue weighted by atomic mass is 10.0. The lowest BCUT2D eigenvalue weighted by Crippen LogP contribution is -2.36. The van der Waals surface area contributed by atoms with E-state index in [4.69, 9.17) is 0 Å². The molecule has 6 heteroatoms. The Hall–Kier alpha value is -1.30. The summed E-state index contributed by atoms with van der Waals surface area (Å²) in [5.41, 5.74) is 0. The van der Waals surface area contributed by atoms with E-state index in [1.165, 1.54) is 167 Å².